The van der Waals surface area contributed by atoms with Gasteiger partial charge in [-0.15, -0.1) is 0 Å². The first-order chi connectivity index (χ1) is 19.0. The highest BCUT2D eigenvalue weighted by Gasteiger charge is 2.50. The van der Waals surface area contributed by atoms with Gasteiger partial charge in [-0.2, -0.15) is 5.10 Å². The molecule has 1 N–H and O–H groups in total. The first-order valence-corrected chi connectivity index (χ1v) is 15.3. The van der Waals surface area contributed by atoms with Crippen LogP contribution in [0.3, 0.4) is 0 Å². The molecule has 3 aromatic carbocycles. The average molecular weight is 546 g/mol. The van der Waals surface area contributed by atoms with Crippen molar-refractivity contribution in [3.63, 3.8) is 0 Å². The van der Waals surface area contributed by atoms with E-state index < -0.39 is 24.4 Å². The van der Waals surface area contributed by atoms with Crippen molar-refractivity contribution in [3.05, 3.63) is 120 Å². The molecule has 39 heavy (non-hydrogen) atoms. The highest BCUT2D eigenvalue weighted by atomic mass is 31.2. The molecule has 1 heterocycles. The van der Waals surface area contributed by atoms with Crippen molar-refractivity contribution in [3.8, 4) is 0 Å². The molecule has 8 heteroatoms. The predicted molar refractivity (Wildman–Crippen MR) is 152 cm³/mol. The maximum absolute atomic E-state index is 13.8. The lowest BCUT2D eigenvalue weighted by atomic mass is 9.76. The minimum atomic E-state index is -3.42. The molecule has 0 saturated heterocycles. The molecule has 1 aliphatic rings. The summed E-state index contributed by atoms with van der Waals surface area (Å²) in [6.07, 6.45) is 3.49. The first-order valence-electron chi connectivity index (χ1n) is 13.7. The van der Waals surface area contributed by atoms with Gasteiger partial charge < -0.3 is 14.2 Å². The minimum Gasteiger partial charge on any atom is -0.382 e. The van der Waals surface area contributed by atoms with Crippen LogP contribution in [-0.4, -0.2) is 38.7 Å². The van der Waals surface area contributed by atoms with Crippen LogP contribution in [0.4, 0.5) is 0 Å². The monoisotopic (exact) mass is 545 g/mol. The third-order valence-corrected chi connectivity index (χ3v) is 10.2. The van der Waals surface area contributed by atoms with E-state index in [4.69, 9.17) is 19.1 Å². The Morgan fingerprint density at radius 2 is 1.38 bits per heavy atom. The summed E-state index contributed by atoms with van der Waals surface area (Å²) >= 11 is 0. The molecule has 4 aromatic rings. The highest BCUT2D eigenvalue weighted by molar-refractivity contribution is 7.54. The summed E-state index contributed by atoms with van der Waals surface area (Å²) in [4.78, 5) is 4.69. The largest absolute Gasteiger partial charge is 0.382 e. The number of aliphatic hydroxyl groups is 1. The Hall–Kier alpha value is -3.09. The number of hydrogen-bond donors (Lipinski definition) is 1. The van der Waals surface area contributed by atoms with Crippen molar-refractivity contribution < 1.29 is 18.7 Å². The van der Waals surface area contributed by atoms with Gasteiger partial charge in [-0.05, 0) is 56.2 Å². The van der Waals surface area contributed by atoms with Crippen molar-refractivity contribution in [2.24, 2.45) is 0 Å². The van der Waals surface area contributed by atoms with Crippen LogP contribution in [0.15, 0.2) is 97.3 Å². The fourth-order valence-corrected chi connectivity index (χ4v) is 8.25. The van der Waals surface area contributed by atoms with Gasteiger partial charge in [0.25, 0.3) is 0 Å². The SMILES string of the molecule is CCOP(=O)(OCC)[C@@H]1CCC[C@](O)(c2ncnn2C(c2ccccc2)(c2ccccc2)c2ccccc2)C1. The zero-order valence-electron chi connectivity index (χ0n) is 22.5. The molecule has 0 amide bonds. The molecule has 204 valence electrons. The van der Waals surface area contributed by atoms with Gasteiger partial charge in [-0.3, -0.25) is 4.57 Å². The van der Waals surface area contributed by atoms with Gasteiger partial charge >= 0.3 is 7.60 Å². The fourth-order valence-electron chi connectivity index (χ4n) is 6.01. The quantitative estimate of drug-likeness (QED) is 0.181. The van der Waals surface area contributed by atoms with Crippen molar-refractivity contribution in [1.29, 1.82) is 0 Å². The molecule has 1 aromatic heterocycles. The van der Waals surface area contributed by atoms with E-state index in [9.17, 15) is 9.67 Å². The van der Waals surface area contributed by atoms with Gasteiger partial charge in [0.15, 0.2) is 5.82 Å². The van der Waals surface area contributed by atoms with Crippen molar-refractivity contribution in [1.82, 2.24) is 14.8 Å². The molecule has 0 radical (unpaired) electrons. The van der Waals surface area contributed by atoms with Crippen LogP contribution < -0.4 is 0 Å². The minimum absolute atomic E-state index is 0.206. The van der Waals surface area contributed by atoms with E-state index in [1.165, 1.54) is 6.33 Å². The Morgan fingerprint density at radius 3 is 1.85 bits per heavy atom. The number of aromatic nitrogens is 3. The zero-order valence-corrected chi connectivity index (χ0v) is 23.4. The van der Waals surface area contributed by atoms with E-state index in [-0.39, 0.29) is 19.6 Å². The molecule has 1 saturated carbocycles. The summed E-state index contributed by atoms with van der Waals surface area (Å²) < 4.78 is 27.0. The molecule has 1 fully saturated rings. The van der Waals surface area contributed by atoms with Crippen molar-refractivity contribution in [2.45, 2.75) is 56.3 Å². The average Bonchev–Trinajstić information content (AvgIpc) is 3.47. The lowest BCUT2D eigenvalue weighted by Gasteiger charge is -2.42. The maximum Gasteiger partial charge on any atom is 0.333 e. The van der Waals surface area contributed by atoms with Gasteiger partial charge in [0, 0.05) is 0 Å². The molecule has 2 atom stereocenters. The van der Waals surface area contributed by atoms with Crippen molar-refractivity contribution in [2.75, 3.05) is 13.2 Å². The lowest BCUT2D eigenvalue weighted by molar-refractivity contribution is -0.0168. The van der Waals surface area contributed by atoms with E-state index in [0.29, 0.717) is 25.1 Å². The second kappa shape index (κ2) is 11.6. The summed E-state index contributed by atoms with van der Waals surface area (Å²) in [6.45, 7) is 4.18. The number of rotatable bonds is 10. The molecular weight excluding hydrogens is 509 g/mol. The normalized spacial score (nSPS) is 20.1. The standard InChI is InChI=1S/C31H36N3O4P/c1-3-37-39(36,38-4-2)28-21-14-22-30(35,23-28)29-32-24-33-34(29)31(25-15-8-5-9-16-25,26-17-10-6-11-18-26)27-19-12-7-13-20-27/h5-13,15-20,24,28,35H,3-4,14,21-23H2,1-2H3/t28-,30-/m1/s1. The Labute approximate surface area is 230 Å². The van der Waals surface area contributed by atoms with Gasteiger partial charge in [0.1, 0.15) is 17.5 Å². The Morgan fingerprint density at radius 1 is 0.897 bits per heavy atom. The second-order valence-corrected chi connectivity index (χ2v) is 12.3. The van der Waals surface area contributed by atoms with Gasteiger partial charge in [-0.1, -0.05) is 91.0 Å². The van der Waals surface area contributed by atoms with E-state index >= 15 is 0 Å². The first kappa shape index (κ1) is 27.5. The van der Waals surface area contributed by atoms with E-state index in [1.54, 1.807) is 0 Å². The molecule has 0 unspecified atom stereocenters. The summed E-state index contributed by atoms with van der Waals surface area (Å²) in [5.74, 6) is 0.434. The zero-order chi connectivity index (χ0) is 27.3. The lowest BCUT2D eigenvalue weighted by Crippen LogP contribution is -2.45. The predicted octanol–water partition coefficient (Wildman–Crippen LogP) is 6.51. The van der Waals surface area contributed by atoms with Gasteiger partial charge in [-0.25, -0.2) is 9.67 Å². The van der Waals surface area contributed by atoms with Gasteiger partial charge in [0.05, 0.1) is 18.9 Å². The van der Waals surface area contributed by atoms with Crippen molar-refractivity contribution >= 4 is 7.60 Å². The smallest absolute Gasteiger partial charge is 0.333 e. The number of hydrogen-bond acceptors (Lipinski definition) is 6. The third-order valence-electron chi connectivity index (χ3n) is 7.62. The van der Waals surface area contributed by atoms with Crippen LogP contribution in [-0.2, 0) is 24.8 Å². The molecule has 7 nitrogen and oxygen atoms in total. The fraction of sp³-hybridized carbons (Fsp3) is 0.355. The molecule has 5 rings (SSSR count). The Kier molecular flexibility index (Phi) is 8.15. The highest BCUT2D eigenvalue weighted by Crippen LogP contribution is 2.60. The Balaban J connectivity index is 1.72. The molecule has 0 aliphatic heterocycles. The molecule has 0 spiro atoms. The van der Waals surface area contributed by atoms with E-state index in [1.807, 2.05) is 73.1 Å². The van der Waals surface area contributed by atoms with Crippen LogP contribution in [0.5, 0.6) is 0 Å². The summed E-state index contributed by atoms with van der Waals surface area (Å²) in [7, 11) is -3.42. The summed E-state index contributed by atoms with van der Waals surface area (Å²) in [5, 5.41) is 17.1. The molecule has 0 bridgehead atoms. The number of nitrogens with zero attached hydrogens (tertiary/aromatic N) is 3. The summed E-state index contributed by atoms with van der Waals surface area (Å²) in [6, 6.07) is 30.5. The summed E-state index contributed by atoms with van der Waals surface area (Å²) in [5.41, 5.74) is 0.216. The van der Waals surface area contributed by atoms with Crippen LogP contribution in [0.1, 0.15) is 62.0 Å². The third kappa shape index (κ3) is 5.01. The molecular formula is C31H36N3O4P. The number of benzene rings is 3. The van der Waals surface area contributed by atoms with E-state index in [2.05, 4.69) is 36.4 Å². The van der Waals surface area contributed by atoms with Crippen LogP contribution in [0.2, 0.25) is 0 Å². The Bertz CT molecular complexity index is 1290. The topological polar surface area (TPSA) is 86.5 Å². The second-order valence-electron chi connectivity index (χ2n) is 9.96. The van der Waals surface area contributed by atoms with Gasteiger partial charge in [0.2, 0.25) is 0 Å². The van der Waals surface area contributed by atoms with E-state index in [0.717, 1.165) is 16.7 Å². The van der Waals surface area contributed by atoms with Crippen LogP contribution >= 0.6 is 7.60 Å². The van der Waals surface area contributed by atoms with Crippen LogP contribution in [0.25, 0.3) is 0 Å². The molecule has 1 aliphatic carbocycles. The maximum atomic E-state index is 13.8. The van der Waals surface area contributed by atoms with Crippen LogP contribution in [0, 0.1) is 0 Å².